The SMILES string of the molecule is C1#CCOc2ccc(cc2)C2=Nc3ccccc3C(=Nc3ccccc32)c2ccc(cc2)OCC#CC#CCOc2ccc(cc2)C2=Nc3ccccc3C(=Nc3ccccc32)c2ccc(cc2)OCC#C1. The van der Waals surface area contributed by atoms with Crippen LogP contribution >= 0.6 is 0 Å². The van der Waals surface area contributed by atoms with E-state index in [1.165, 1.54) is 0 Å². The van der Waals surface area contributed by atoms with Gasteiger partial charge in [0.1, 0.15) is 49.4 Å². The van der Waals surface area contributed by atoms with Crippen molar-refractivity contribution in [3.63, 3.8) is 0 Å². The molecule has 0 saturated carbocycles. The number of aliphatic imine (C=N–C) groups is 4. The summed E-state index contributed by atoms with van der Waals surface area (Å²) in [6.45, 7) is 0.699. The molecule has 0 spiro atoms. The van der Waals surface area contributed by atoms with Crippen LogP contribution in [0.25, 0.3) is 0 Å². The average Bonchev–Trinajstić information content (AvgIpc) is 3.42. The number of benzene rings is 8. The Labute approximate surface area is 418 Å². The fourth-order valence-corrected chi connectivity index (χ4v) is 8.32. The Morgan fingerprint density at radius 2 is 0.458 bits per heavy atom. The van der Waals surface area contributed by atoms with Crippen molar-refractivity contribution in [1.82, 2.24) is 0 Å². The van der Waals surface area contributed by atoms with Gasteiger partial charge in [-0.1, -0.05) is 72.8 Å². The summed E-state index contributed by atoms with van der Waals surface area (Å²) in [5.41, 5.74) is 13.8. The average molecular weight is 929 g/mol. The zero-order valence-electron chi connectivity index (χ0n) is 38.7. The van der Waals surface area contributed by atoms with Crippen LogP contribution in [0.4, 0.5) is 22.7 Å². The molecule has 20 rings (SSSR count). The first-order valence-corrected chi connectivity index (χ1v) is 23.3. The van der Waals surface area contributed by atoms with Crippen molar-refractivity contribution in [1.29, 1.82) is 0 Å². The Kier molecular flexibility index (Phi) is 13.0. The van der Waals surface area contributed by atoms with Crippen LogP contribution in [0.2, 0.25) is 0 Å². The second kappa shape index (κ2) is 21.0. The maximum absolute atomic E-state index is 5.98. The molecule has 0 atom stereocenters. The molecule has 0 aliphatic carbocycles. The van der Waals surface area contributed by atoms with Gasteiger partial charge in [0.25, 0.3) is 0 Å². The molecule has 8 nitrogen and oxygen atoms in total. The first-order valence-electron chi connectivity index (χ1n) is 23.3. The Bertz CT molecular complexity index is 3250. The van der Waals surface area contributed by atoms with Gasteiger partial charge >= 0.3 is 0 Å². The monoisotopic (exact) mass is 928 g/mol. The molecule has 72 heavy (non-hydrogen) atoms. The summed E-state index contributed by atoms with van der Waals surface area (Å²) in [5, 5.41) is 0. The van der Waals surface area contributed by atoms with Crippen molar-refractivity contribution in [3.8, 4) is 70.4 Å². The first kappa shape index (κ1) is 44.4. The summed E-state index contributed by atoms with van der Waals surface area (Å²) in [6.07, 6.45) is 0. The van der Waals surface area contributed by atoms with Gasteiger partial charge in [-0.15, -0.1) is 0 Å². The van der Waals surface area contributed by atoms with E-state index in [-0.39, 0.29) is 26.4 Å². The zero-order chi connectivity index (χ0) is 48.3. The molecule has 8 aromatic rings. The normalized spacial score (nSPS) is 13.6. The molecule has 0 N–H and O–H groups in total. The van der Waals surface area contributed by atoms with Crippen molar-refractivity contribution in [2.75, 3.05) is 26.4 Å². The highest BCUT2D eigenvalue weighted by atomic mass is 16.5. The summed E-state index contributed by atoms with van der Waals surface area (Å²) < 4.78 is 23.9. The van der Waals surface area contributed by atoms with Gasteiger partial charge in [-0.3, -0.25) is 0 Å². The minimum Gasteiger partial charge on any atom is -0.481 e. The van der Waals surface area contributed by atoms with Gasteiger partial charge in [-0.05, 0) is 169 Å². The lowest BCUT2D eigenvalue weighted by atomic mass is 9.96. The van der Waals surface area contributed by atoms with E-state index in [1.807, 2.05) is 170 Å². The van der Waals surface area contributed by atoms with Crippen LogP contribution in [0.1, 0.15) is 44.5 Å². The summed E-state index contributed by atoms with van der Waals surface area (Å²) in [6, 6.07) is 63.7. The Balaban J connectivity index is 0.877. The summed E-state index contributed by atoms with van der Waals surface area (Å²) in [7, 11) is 0. The third kappa shape index (κ3) is 10.0. The van der Waals surface area contributed by atoms with E-state index in [9.17, 15) is 0 Å². The highest BCUT2D eigenvalue weighted by Gasteiger charge is 2.22. The quantitative estimate of drug-likeness (QED) is 0.142. The number of rotatable bonds is 0. The van der Waals surface area contributed by atoms with Crippen LogP contribution in [0.15, 0.2) is 214 Å². The van der Waals surface area contributed by atoms with Gasteiger partial charge in [-0.25, -0.2) is 20.0 Å². The standard InChI is InChI=1S/C64H40N4O4/c1-2-14-42-70-50-35-27-46(28-36-50)62-54-18-6-11-23-59(54)68-64(56-20-8-12-24-60(56)66-62)48-31-39-52(40-32-48)72-44-16-4-3-15-43-71-51-37-29-47(30-38-51)63-55-19-7-10-22-58(55)65-61(53-17-5-9-21-57(53)67-63)45-25-33-49(34-26-45)69-41-13-1/h5-12,17-40H,41-44H2. The Hall–Kier alpha value is -10.1. The number of hydrogen-bond donors (Lipinski definition) is 0. The summed E-state index contributed by atoms with van der Waals surface area (Å²) in [4.78, 5) is 21.1. The molecule has 0 amide bonds. The molecular formula is C64H40N4O4. The fourth-order valence-electron chi connectivity index (χ4n) is 8.32. The molecule has 12 aliphatic heterocycles. The smallest absolute Gasteiger partial charge is 0.150 e. The molecule has 12 aliphatic rings. The number of para-hydroxylation sites is 4. The summed E-state index contributed by atoms with van der Waals surface area (Å²) >= 11 is 0. The maximum Gasteiger partial charge on any atom is 0.150 e. The molecule has 8 heteroatoms. The van der Waals surface area contributed by atoms with Gasteiger partial charge in [0, 0.05) is 44.5 Å². The van der Waals surface area contributed by atoms with Gasteiger partial charge < -0.3 is 18.9 Å². The van der Waals surface area contributed by atoms with Crippen molar-refractivity contribution in [2.45, 2.75) is 0 Å². The first-order chi connectivity index (χ1) is 35.7. The van der Waals surface area contributed by atoms with Gasteiger partial charge in [-0.2, -0.15) is 0 Å². The minimum atomic E-state index is 0.175. The zero-order valence-corrected chi connectivity index (χ0v) is 38.7. The molecule has 0 fully saturated rings. The molecule has 0 saturated heterocycles. The van der Waals surface area contributed by atoms with Crippen molar-refractivity contribution in [2.24, 2.45) is 20.0 Å². The highest BCUT2D eigenvalue weighted by molar-refractivity contribution is 6.24. The van der Waals surface area contributed by atoms with E-state index in [0.717, 1.165) is 90.1 Å². The molecule has 12 bridgehead atoms. The van der Waals surface area contributed by atoms with Crippen molar-refractivity contribution >= 4 is 45.6 Å². The van der Waals surface area contributed by atoms with Crippen molar-refractivity contribution in [3.05, 3.63) is 239 Å². The highest BCUT2D eigenvalue weighted by Crippen LogP contribution is 2.36. The van der Waals surface area contributed by atoms with Crippen LogP contribution in [0, 0.1) is 47.4 Å². The second-order valence-electron chi connectivity index (χ2n) is 16.4. The van der Waals surface area contributed by atoms with Gasteiger partial charge in [0.15, 0.2) is 0 Å². The number of ether oxygens (including phenoxy) is 4. The number of hydrogen-bond acceptors (Lipinski definition) is 8. The topological polar surface area (TPSA) is 86.4 Å². The third-order valence-corrected chi connectivity index (χ3v) is 11.8. The molecule has 0 aromatic heterocycles. The van der Waals surface area contributed by atoms with E-state index in [0.29, 0.717) is 23.0 Å². The lowest BCUT2D eigenvalue weighted by molar-refractivity contribution is 0.369. The molecule has 12 heterocycles. The van der Waals surface area contributed by atoms with E-state index >= 15 is 0 Å². The molecule has 8 aromatic carbocycles. The fraction of sp³-hybridized carbons (Fsp3) is 0.0625. The van der Waals surface area contributed by atoms with E-state index < -0.39 is 0 Å². The molecule has 0 radical (unpaired) electrons. The summed E-state index contributed by atoms with van der Waals surface area (Å²) in [5.74, 6) is 26.2. The van der Waals surface area contributed by atoms with Crippen molar-refractivity contribution < 1.29 is 18.9 Å². The molecule has 0 unspecified atom stereocenters. The van der Waals surface area contributed by atoms with E-state index in [4.69, 9.17) is 38.9 Å². The largest absolute Gasteiger partial charge is 0.481 e. The second-order valence-corrected chi connectivity index (χ2v) is 16.4. The Morgan fingerprint density at radius 1 is 0.250 bits per heavy atom. The maximum atomic E-state index is 5.98. The predicted octanol–water partition coefficient (Wildman–Crippen LogP) is 12.2. The van der Waals surface area contributed by atoms with E-state index in [2.05, 4.69) is 71.6 Å². The van der Waals surface area contributed by atoms with Crippen LogP contribution in [-0.2, 0) is 0 Å². The Morgan fingerprint density at radius 3 is 0.681 bits per heavy atom. The lowest BCUT2D eigenvalue weighted by Crippen LogP contribution is -2.10. The molecular weight excluding hydrogens is 889 g/mol. The van der Waals surface area contributed by atoms with Gasteiger partial charge in [0.05, 0.1) is 45.6 Å². The minimum absolute atomic E-state index is 0.175. The predicted molar refractivity (Wildman–Crippen MR) is 286 cm³/mol. The van der Waals surface area contributed by atoms with Gasteiger partial charge in [0.2, 0.25) is 0 Å². The van der Waals surface area contributed by atoms with Crippen LogP contribution in [-0.4, -0.2) is 49.3 Å². The van der Waals surface area contributed by atoms with Crippen LogP contribution < -0.4 is 18.9 Å². The number of nitrogens with zero attached hydrogens (tertiary/aromatic N) is 4. The van der Waals surface area contributed by atoms with E-state index in [1.54, 1.807) is 0 Å². The van der Waals surface area contributed by atoms with Crippen LogP contribution in [0.3, 0.4) is 0 Å². The molecule has 340 valence electrons. The van der Waals surface area contributed by atoms with Crippen LogP contribution in [0.5, 0.6) is 23.0 Å². The lowest BCUT2D eigenvalue weighted by Gasteiger charge is -2.18. The third-order valence-electron chi connectivity index (χ3n) is 11.8.